The topological polar surface area (TPSA) is 97.3 Å². The third kappa shape index (κ3) is 3.85. The molecule has 3 heterocycles. The third-order valence-corrected chi connectivity index (χ3v) is 4.66. The molecule has 2 N–H and O–H groups in total. The van der Waals surface area contributed by atoms with Crippen LogP contribution < -0.4 is 15.2 Å². The summed E-state index contributed by atoms with van der Waals surface area (Å²) in [5, 5.41) is 0. The van der Waals surface area contributed by atoms with Crippen LogP contribution >= 0.6 is 0 Å². The highest BCUT2D eigenvalue weighted by atomic mass is 16.5. The van der Waals surface area contributed by atoms with E-state index in [4.69, 9.17) is 19.9 Å². The molecule has 2 aromatic heterocycles. The van der Waals surface area contributed by atoms with Crippen molar-refractivity contribution in [2.75, 3.05) is 26.1 Å². The molecule has 1 aliphatic rings. The van der Waals surface area contributed by atoms with Crippen LogP contribution in [0.4, 0.5) is 5.82 Å². The Labute approximate surface area is 154 Å². The predicted molar refractivity (Wildman–Crippen MR) is 99.3 cm³/mol. The summed E-state index contributed by atoms with van der Waals surface area (Å²) in [6.45, 7) is 7.74. The van der Waals surface area contributed by atoms with Crippen LogP contribution in [0.2, 0.25) is 0 Å². The number of rotatable bonds is 7. The number of nitrogen functional groups attached to an aromatic ring is 1. The number of methoxy groups -OCH3 is 1. The van der Waals surface area contributed by atoms with Crippen molar-refractivity contribution < 1.29 is 14.2 Å². The first-order valence-electron chi connectivity index (χ1n) is 9.29. The summed E-state index contributed by atoms with van der Waals surface area (Å²) in [5.41, 5.74) is 7.26. The lowest BCUT2D eigenvalue weighted by Crippen LogP contribution is -2.22. The molecule has 0 aliphatic carbocycles. The summed E-state index contributed by atoms with van der Waals surface area (Å²) in [7, 11) is 1.58. The summed E-state index contributed by atoms with van der Waals surface area (Å²) in [6.07, 6.45) is 5.02. The Morgan fingerprint density at radius 1 is 1.27 bits per heavy atom. The minimum absolute atomic E-state index is 0.0479. The molecule has 1 aliphatic heterocycles. The fourth-order valence-electron chi connectivity index (χ4n) is 3.36. The molecular weight excluding hydrogens is 334 g/mol. The molecule has 1 saturated heterocycles. The van der Waals surface area contributed by atoms with Gasteiger partial charge < -0.3 is 19.9 Å². The van der Waals surface area contributed by atoms with Crippen molar-refractivity contribution >= 4 is 17.0 Å². The molecule has 0 radical (unpaired) electrons. The van der Waals surface area contributed by atoms with Gasteiger partial charge in [-0.25, -0.2) is 0 Å². The zero-order valence-corrected chi connectivity index (χ0v) is 16.1. The number of aromatic nitrogens is 4. The number of nitrogens with two attached hydrogens (primary N) is 1. The highest BCUT2D eigenvalue weighted by Gasteiger charge is 2.26. The first-order valence-corrected chi connectivity index (χ1v) is 9.29. The van der Waals surface area contributed by atoms with E-state index in [1.165, 1.54) is 0 Å². The molecule has 0 aromatic carbocycles. The fraction of sp³-hybridized carbons (Fsp3) is 0.722. The van der Waals surface area contributed by atoms with Crippen molar-refractivity contribution in [3.63, 3.8) is 0 Å². The molecule has 1 fully saturated rings. The standard InChI is InChI=1S/C18H29N5O3/c1-5-9-18(2,3)11-26-16-21-14(19)13-15(22-16)23(17(20-13)24-4)12-8-6-7-10-25-12/h12H,5-11H2,1-4H3,(H2,19,21,22)/t12-/m1/s1. The van der Waals surface area contributed by atoms with Crippen molar-refractivity contribution in [3.8, 4) is 12.0 Å². The maximum Gasteiger partial charge on any atom is 0.320 e. The number of imidazole rings is 1. The molecule has 8 heteroatoms. The van der Waals surface area contributed by atoms with E-state index in [0.29, 0.717) is 30.4 Å². The highest BCUT2D eigenvalue weighted by molar-refractivity contribution is 5.83. The highest BCUT2D eigenvalue weighted by Crippen LogP contribution is 2.33. The van der Waals surface area contributed by atoms with Crippen molar-refractivity contribution in [2.24, 2.45) is 5.41 Å². The van der Waals surface area contributed by atoms with E-state index in [-0.39, 0.29) is 23.5 Å². The summed E-state index contributed by atoms with van der Waals surface area (Å²) in [5.74, 6) is 0.283. The van der Waals surface area contributed by atoms with Crippen LogP contribution in [0.5, 0.6) is 12.0 Å². The Bertz CT molecular complexity index is 753. The quantitative estimate of drug-likeness (QED) is 0.806. The first-order chi connectivity index (χ1) is 12.4. The maximum atomic E-state index is 6.12. The van der Waals surface area contributed by atoms with Crippen molar-refractivity contribution in [2.45, 2.75) is 59.1 Å². The van der Waals surface area contributed by atoms with E-state index in [0.717, 1.165) is 32.1 Å². The molecule has 2 aromatic rings. The van der Waals surface area contributed by atoms with Gasteiger partial charge in [0.2, 0.25) is 0 Å². The number of hydrogen-bond acceptors (Lipinski definition) is 7. The minimum atomic E-state index is -0.164. The van der Waals surface area contributed by atoms with Gasteiger partial charge in [-0.1, -0.05) is 27.2 Å². The molecule has 0 bridgehead atoms. The molecule has 8 nitrogen and oxygen atoms in total. The summed E-state index contributed by atoms with van der Waals surface area (Å²) in [4.78, 5) is 13.3. The second-order valence-electron chi connectivity index (χ2n) is 7.56. The van der Waals surface area contributed by atoms with Crippen LogP contribution in [0.1, 0.15) is 59.1 Å². The van der Waals surface area contributed by atoms with E-state index >= 15 is 0 Å². The fourth-order valence-corrected chi connectivity index (χ4v) is 3.36. The summed E-state index contributed by atoms with van der Waals surface area (Å²) in [6, 6.07) is 0.690. The largest absolute Gasteiger partial charge is 0.468 e. The lowest BCUT2D eigenvalue weighted by molar-refractivity contribution is -0.0334. The monoisotopic (exact) mass is 363 g/mol. The normalized spacial score (nSPS) is 18.2. The number of anilines is 1. The Morgan fingerprint density at radius 2 is 2.08 bits per heavy atom. The molecule has 0 unspecified atom stereocenters. The maximum absolute atomic E-state index is 6.12. The first kappa shape index (κ1) is 18.7. The minimum Gasteiger partial charge on any atom is -0.468 e. The number of ether oxygens (including phenoxy) is 3. The van der Waals surface area contributed by atoms with Crippen LogP contribution in [-0.4, -0.2) is 39.8 Å². The second kappa shape index (κ2) is 7.65. The Balaban J connectivity index is 1.95. The van der Waals surface area contributed by atoms with Crippen molar-refractivity contribution in [3.05, 3.63) is 0 Å². The third-order valence-electron chi connectivity index (χ3n) is 4.66. The molecule has 0 amide bonds. The van der Waals surface area contributed by atoms with Gasteiger partial charge in [-0.15, -0.1) is 0 Å². The predicted octanol–water partition coefficient (Wildman–Crippen LogP) is 3.32. The van der Waals surface area contributed by atoms with E-state index in [1.807, 2.05) is 4.57 Å². The van der Waals surface area contributed by atoms with Gasteiger partial charge >= 0.3 is 12.0 Å². The van der Waals surface area contributed by atoms with E-state index in [9.17, 15) is 0 Å². The summed E-state index contributed by atoms with van der Waals surface area (Å²) >= 11 is 0. The van der Waals surface area contributed by atoms with Gasteiger partial charge in [-0.3, -0.25) is 4.57 Å². The molecule has 1 atom stereocenters. The molecule has 0 spiro atoms. The molecule has 3 rings (SSSR count). The van der Waals surface area contributed by atoms with Gasteiger partial charge in [0.05, 0.1) is 13.7 Å². The van der Waals surface area contributed by atoms with Crippen LogP contribution in [0.15, 0.2) is 0 Å². The lowest BCUT2D eigenvalue weighted by Gasteiger charge is -2.25. The van der Waals surface area contributed by atoms with E-state index < -0.39 is 0 Å². The Hall–Kier alpha value is -2.09. The molecule has 144 valence electrons. The average Bonchev–Trinajstić information content (AvgIpc) is 3.00. The van der Waals surface area contributed by atoms with Gasteiger partial charge in [-0.2, -0.15) is 15.0 Å². The molecular formula is C18H29N5O3. The average molecular weight is 363 g/mol. The van der Waals surface area contributed by atoms with Gasteiger partial charge in [0, 0.05) is 6.61 Å². The van der Waals surface area contributed by atoms with Crippen LogP contribution in [0.3, 0.4) is 0 Å². The van der Waals surface area contributed by atoms with Crippen LogP contribution in [-0.2, 0) is 4.74 Å². The number of fused-ring (bicyclic) bond motifs is 1. The van der Waals surface area contributed by atoms with Crippen molar-refractivity contribution in [1.29, 1.82) is 0 Å². The molecule has 0 saturated carbocycles. The SMILES string of the molecule is CCCC(C)(C)COc1nc(N)c2nc(OC)n([C@H]3CCCCO3)c2n1. The van der Waals surface area contributed by atoms with Gasteiger partial charge in [0.15, 0.2) is 17.0 Å². The van der Waals surface area contributed by atoms with Gasteiger partial charge in [0.1, 0.15) is 6.23 Å². The van der Waals surface area contributed by atoms with E-state index in [2.05, 4.69) is 35.7 Å². The van der Waals surface area contributed by atoms with Gasteiger partial charge in [0.25, 0.3) is 0 Å². The van der Waals surface area contributed by atoms with Crippen LogP contribution in [0.25, 0.3) is 11.2 Å². The smallest absolute Gasteiger partial charge is 0.320 e. The molecule has 26 heavy (non-hydrogen) atoms. The number of hydrogen-bond donors (Lipinski definition) is 1. The second-order valence-corrected chi connectivity index (χ2v) is 7.56. The Morgan fingerprint density at radius 3 is 2.73 bits per heavy atom. The Kier molecular flexibility index (Phi) is 5.50. The lowest BCUT2D eigenvalue weighted by atomic mass is 9.89. The summed E-state index contributed by atoms with van der Waals surface area (Å²) < 4.78 is 19.1. The van der Waals surface area contributed by atoms with E-state index in [1.54, 1.807) is 7.11 Å². The van der Waals surface area contributed by atoms with Gasteiger partial charge in [-0.05, 0) is 31.1 Å². The van der Waals surface area contributed by atoms with Crippen LogP contribution in [0, 0.1) is 5.41 Å². The van der Waals surface area contributed by atoms with Crippen molar-refractivity contribution in [1.82, 2.24) is 19.5 Å². The zero-order chi connectivity index (χ0) is 18.7. The number of nitrogens with zero attached hydrogens (tertiary/aromatic N) is 4. The zero-order valence-electron chi connectivity index (χ0n) is 16.1.